The molecule has 25 heavy (non-hydrogen) atoms. The van der Waals surface area contributed by atoms with Crippen LogP contribution in [0.15, 0.2) is 24.3 Å². The highest BCUT2D eigenvalue weighted by atomic mass is 16.5. The lowest BCUT2D eigenvalue weighted by molar-refractivity contribution is -0.157. The van der Waals surface area contributed by atoms with E-state index < -0.39 is 0 Å². The van der Waals surface area contributed by atoms with Crippen LogP contribution in [0.3, 0.4) is 0 Å². The number of ether oxygens (including phenoxy) is 1. The quantitative estimate of drug-likeness (QED) is 0.851. The van der Waals surface area contributed by atoms with Gasteiger partial charge in [-0.3, -0.25) is 4.79 Å². The van der Waals surface area contributed by atoms with Crippen molar-refractivity contribution in [3.63, 3.8) is 0 Å². The Bertz CT molecular complexity index is 766. The van der Waals surface area contributed by atoms with E-state index in [-0.39, 0.29) is 12.1 Å². The molecule has 4 atom stereocenters. The average Bonchev–Trinajstić information content (AvgIpc) is 2.98. The van der Waals surface area contributed by atoms with E-state index in [1.165, 1.54) is 22.2 Å². The second kappa shape index (κ2) is 6.83. The van der Waals surface area contributed by atoms with Crippen LogP contribution in [0.25, 0.3) is 10.9 Å². The Labute approximate surface area is 149 Å². The van der Waals surface area contributed by atoms with Crippen molar-refractivity contribution in [1.29, 1.82) is 0 Å². The minimum absolute atomic E-state index is 0.0738. The van der Waals surface area contributed by atoms with Gasteiger partial charge in [-0.2, -0.15) is 0 Å². The van der Waals surface area contributed by atoms with Gasteiger partial charge in [-0.15, -0.1) is 0 Å². The second-order valence-electron chi connectivity index (χ2n) is 7.68. The average molecular weight is 340 g/mol. The van der Waals surface area contributed by atoms with Crippen LogP contribution in [-0.2, 0) is 22.4 Å². The summed E-state index contributed by atoms with van der Waals surface area (Å²) in [5, 5.41) is 1.37. The van der Waals surface area contributed by atoms with Crippen molar-refractivity contribution >= 4 is 16.9 Å². The lowest BCUT2D eigenvalue weighted by atomic mass is 9.81. The lowest BCUT2D eigenvalue weighted by Gasteiger charge is -2.42. The number of aryl methyl sites for hydroxylation is 1. The van der Waals surface area contributed by atoms with Crippen LogP contribution < -0.4 is 0 Å². The first kappa shape index (κ1) is 16.6. The maximum atomic E-state index is 11.6. The third-order valence-electron chi connectivity index (χ3n) is 6.09. The zero-order chi connectivity index (χ0) is 17.4. The molecule has 0 radical (unpaired) electrons. The third kappa shape index (κ3) is 3.20. The predicted molar refractivity (Wildman–Crippen MR) is 99.6 cm³/mol. The molecule has 0 saturated carbocycles. The maximum absolute atomic E-state index is 11.6. The van der Waals surface area contributed by atoms with E-state index in [1.54, 1.807) is 6.92 Å². The molecule has 0 amide bonds. The Morgan fingerprint density at radius 1 is 1.28 bits per heavy atom. The molecule has 2 aromatic rings. The fourth-order valence-corrected chi connectivity index (χ4v) is 4.87. The Morgan fingerprint density at radius 2 is 2.12 bits per heavy atom. The number of carbonyl (C=O) groups excluding carboxylic acids is 1. The number of carbonyl (C=O) groups is 1. The Morgan fingerprint density at radius 3 is 2.92 bits per heavy atom. The summed E-state index contributed by atoms with van der Waals surface area (Å²) in [5.41, 5.74) is 4.11. The van der Waals surface area contributed by atoms with Gasteiger partial charge in [-0.25, -0.2) is 0 Å². The Hall–Kier alpha value is -1.81. The number of nitrogens with zero attached hydrogens (tertiary/aromatic N) is 1. The summed E-state index contributed by atoms with van der Waals surface area (Å²) < 4.78 is 5.79. The van der Waals surface area contributed by atoms with Gasteiger partial charge < -0.3 is 14.6 Å². The highest BCUT2D eigenvalue weighted by molar-refractivity contribution is 5.84. The van der Waals surface area contributed by atoms with E-state index in [1.807, 2.05) is 0 Å². The lowest BCUT2D eigenvalue weighted by Crippen LogP contribution is -2.51. The van der Waals surface area contributed by atoms with Crippen molar-refractivity contribution in [1.82, 2.24) is 9.88 Å². The molecule has 1 aromatic carbocycles. The summed E-state index contributed by atoms with van der Waals surface area (Å²) in [5.74, 6) is 0.749. The number of para-hydroxylation sites is 1. The molecule has 4 nitrogen and oxygen atoms in total. The van der Waals surface area contributed by atoms with E-state index >= 15 is 0 Å². The molecule has 4 heteroatoms. The molecule has 134 valence electrons. The SMILES string of the molecule is CCC1CN2CCc3c([nH]c4ccccc34)CCC(C2)C1OC(C)=O. The summed E-state index contributed by atoms with van der Waals surface area (Å²) in [6.45, 7) is 6.95. The van der Waals surface area contributed by atoms with Gasteiger partial charge >= 0.3 is 5.97 Å². The summed E-state index contributed by atoms with van der Waals surface area (Å²) in [7, 11) is 0. The van der Waals surface area contributed by atoms with Gasteiger partial charge in [-0.05, 0) is 37.3 Å². The molecule has 4 rings (SSSR count). The fourth-order valence-electron chi connectivity index (χ4n) is 4.87. The van der Waals surface area contributed by atoms with Crippen molar-refractivity contribution in [2.75, 3.05) is 19.6 Å². The number of benzene rings is 1. The fraction of sp³-hybridized carbons (Fsp3) is 0.571. The number of nitrogens with one attached hydrogen (secondary N) is 1. The molecule has 2 aliphatic heterocycles. The number of esters is 1. The Kier molecular flexibility index (Phi) is 4.55. The number of aromatic nitrogens is 1. The largest absolute Gasteiger partial charge is 0.462 e. The normalized spacial score (nSPS) is 29.4. The van der Waals surface area contributed by atoms with Crippen molar-refractivity contribution in [3.05, 3.63) is 35.5 Å². The first-order valence-corrected chi connectivity index (χ1v) is 9.63. The predicted octanol–water partition coefficient (Wildman–Crippen LogP) is 3.55. The van der Waals surface area contributed by atoms with Crippen LogP contribution in [0.2, 0.25) is 0 Å². The van der Waals surface area contributed by atoms with Crippen LogP contribution in [0.4, 0.5) is 0 Å². The van der Waals surface area contributed by atoms with Gasteiger partial charge in [0.25, 0.3) is 0 Å². The minimum Gasteiger partial charge on any atom is -0.462 e. The van der Waals surface area contributed by atoms with Crippen molar-refractivity contribution in [2.24, 2.45) is 11.8 Å². The molecule has 1 saturated heterocycles. The van der Waals surface area contributed by atoms with E-state index in [0.29, 0.717) is 11.8 Å². The molecule has 1 fully saturated rings. The standard InChI is InChI=1S/C21H28N2O2/c1-3-15-12-23-11-10-18-17-6-4-5-7-19(17)22-20(18)9-8-16(13-23)21(15)25-14(2)24/h4-7,15-16,21-22H,3,8-13H2,1-2H3. The molecule has 2 bridgehead atoms. The van der Waals surface area contributed by atoms with Crippen LogP contribution in [0, 0.1) is 11.8 Å². The van der Waals surface area contributed by atoms with Crippen LogP contribution in [0.5, 0.6) is 0 Å². The maximum Gasteiger partial charge on any atom is 0.302 e. The molecule has 1 N–H and O–H groups in total. The minimum atomic E-state index is -0.136. The first-order valence-electron chi connectivity index (χ1n) is 9.63. The van der Waals surface area contributed by atoms with Gasteiger partial charge in [0.1, 0.15) is 6.10 Å². The molecule has 4 unspecified atom stereocenters. The number of hydrogen-bond donors (Lipinski definition) is 1. The van der Waals surface area contributed by atoms with Gasteiger partial charge in [-0.1, -0.05) is 25.1 Å². The Balaban J connectivity index is 1.65. The summed E-state index contributed by atoms with van der Waals surface area (Å²) in [6, 6.07) is 8.63. The molecule has 0 spiro atoms. The topological polar surface area (TPSA) is 45.3 Å². The van der Waals surface area contributed by atoms with Crippen molar-refractivity contribution in [2.45, 2.75) is 45.6 Å². The van der Waals surface area contributed by atoms with Crippen molar-refractivity contribution < 1.29 is 9.53 Å². The number of rotatable bonds is 2. The number of aromatic amines is 1. The second-order valence-corrected chi connectivity index (χ2v) is 7.68. The summed E-state index contributed by atoms with van der Waals surface area (Å²) >= 11 is 0. The summed E-state index contributed by atoms with van der Waals surface area (Å²) in [4.78, 5) is 17.9. The summed E-state index contributed by atoms with van der Waals surface area (Å²) in [6.07, 6.45) is 4.35. The molecule has 1 aromatic heterocycles. The van der Waals surface area contributed by atoms with E-state index in [0.717, 1.165) is 45.3 Å². The van der Waals surface area contributed by atoms with Gasteiger partial charge in [0.05, 0.1) is 0 Å². The number of H-pyrrole nitrogens is 1. The molecule has 0 aliphatic carbocycles. The van der Waals surface area contributed by atoms with Crippen LogP contribution >= 0.6 is 0 Å². The van der Waals surface area contributed by atoms with E-state index in [2.05, 4.69) is 41.1 Å². The third-order valence-corrected chi connectivity index (χ3v) is 6.09. The van der Waals surface area contributed by atoms with Gasteiger partial charge in [0.15, 0.2) is 0 Å². The van der Waals surface area contributed by atoms with Crippen molar-refractivity contribution in [3.8, 4) is 0 Å². The number of hydrogen-bond acceptors (Lipinski definition) is 3. The van der Waals surface area contributed by atoms with Crippen LogP contribution in [-0.4, -0.2) is 41.6 Å². The van der Waals surface area contributed by atoms with Crippen LogP contribution in [0.1, 0.15) is 37.9 Å². The molecular formula is C21H28N2O2. The van der Waals surface area contributed by atoms with Gasteiger partial charge in [0, 0.05) is 55.0 Å². The van der Waals surface area contributed by atoms with E-state index in [9.17, 15) is 4.79 Å². The zero-order valence-corrected chi connectivity index (χ0v) is 15.3. The number of fused-ring (bicyclic) bond motifs is 5. The molecule has 2 aliphatic rings. The zero-order valence-electron chi connectivity index (χ0n) is 15.3. The molecule has 3 heterocycles. The van der Waals surface area contributed by atoms with E-state index in [4.69, 9.17) is 4.74 Å². The monoisotopic (exact) mass is 340 g/mol. The molecular weight excluding hydrogens is 312 g/mol. The first-order chi connectivity index (χ1) is 12.2. The van der Waals surface area contributed by atoms with Gasteiger partial charge in [0.2, 0.25) is 0 Å². The number of piperidine rings is 1. The smallest absolute Gasteiger partial charge is 0.302 e. The highest BCUT2D eigenvalue weighted by Crippen LogP contribution is 2.34. The highest BCUT2D eigenvalue weighted by Gasteiger charge is 2.38.